The summed E-state index contributed by atoms with van der Waals surface area (Å²) in [5.74, 6) is -0.0536. The summed E-state index contributed by atoms with van der Waals surface area (Å²) in [6.07, 6.45) is 2.07. The largest absolute Gasteiger partial charge is 0.398 e. The van der Waals surface area contributed by atoms with Crippen LogP contribution in [0.1, 0.15) is 12.8 Å². The number of nitrogens with zero attached hydrogens (tertiary/aromatic N) is 1. The maximum Gasteiger partial charge on any atom is 0.239 e. The standard InChI is InChI=1S/C14H18ClN3O2S/c1-18(7-12(19)17-9-5-6-9)13(20)8-21-14-10(15)3-2-4-11(14)16/h2-4,9H,5-8,16H2,1H3,(H,17,19). The summed E-state index contributed by atoms with van der Waals surface area (Å²) in [5, 5.41) is 3.38. The highest BCUT2D eigenvalue weighted by molar-refractivity contribution is 8.00. The quantitative estimate of drug-likeness (QED) is 0.616. The molecule has 0 spiro atoms. The summed E-state index contributed by atoms with van der Waals surface area (Å²) < 4.78 is 0. The average Bonchev–Trinajstić information content (AvgIpc) is 3.21. The van der Waals surface area contributed by atoms with Crippen molar-refractivity contribution in [3.63, 3.8) is 0 Å². The van der Waals surface area contributed by atoms with Crippen LogP contribution in [0.15, 0.2) is 23.1 Å². The number of nitrogen functional groups attached to an aromatic ring is 1. The molecule has 0 radical (unpaired) electrons. The maximum absolute atomic E-state index is 12.0. The molecule has 5 nitrogen and oxygen atoms in total. The SMILES string of the molecule is CN(CC(=O)NC1CC1)C(=O)CSc1c(N)cccc1Cl. The molecule has 0 aliphatic heterocycles. The Morgan fingerprint density at radius 3 is 2.81 bits per heavy atom. The Kier molecular flexibility index (Phi) is 5.36. The van der Waals surface area contributed by atoms with Crippen LogP contribution in [-0.4, -0.2) is 42.1 Å². The Labute approximate surface area is 133 Å². The van der Waals surface area contributed by atoms with Gasteiger partial charge in [0.05, 0.1) is 17.3 Å². The van der Waals surface area contributed by atoms with E-state index >= 15 is 0 Å². The molecule has 1 aromatic carbocycles. The minimum Gasteiger partial charge on any atom is -0.398 e. The lowest BCUT2D eigenvalue weighted by Crippen LogP contribution is -2.39. The predicted molar refractivity (Wildman–Crippen MR) is 85.4 cm³/mol. The summed E-state index contributed by atoms with van der Waals surface area (Å²) >= 11 is 7.33. The molecule has 0 bridgehead atoms. The molecule has 0 unspecified atom stereocenters. The number of thioether (sulfide) groups is 1. The van der Waals surface area contributed by atoms with E-state index < -0.39 is 0 Å². The fourth-order valence-electron chi connectivity index (χ4n) is 1.73. The monoisotopic (exact) mass is 327 g/mol. The lowest BCUT2D eigenvalue weighted by Gasteiger charge is -2.17. The molecule has 2 amide bonds. The third kappa shape index (κ3) is 4.82. The van der Waals surface area contributed by atoms with Crippen LogP contribution in [0.2, 0.25) is 5.02 Å². The van der Waals surface area contributed by atoms with Gasteiger partial charge in [0.1, 0.15) is 0 Å². The van der Waals surface area contributed by atoms with Crippen molar-refractivity contribution in [1.82, 2.24) is 10.2 Å². The Bertz CT molecular complexity index is 529. The van der Waals surface area contributed by atoms with E-state index in [4.69, 9.17) is 17.3 Å². The summed E-state index contributed by atoms with van der Waals surface area (Å²) in [6.45, 7) is 0.0773. The van der Waals surface area contributed by atoms with Gasteiger partial charge in [-0.2, -0.15) is 0 Å². The first-order valence-electron chi connectivity index (χ1n) is 6.67. The first-order chi connectivity index (χ1) is 9.97. The number of halogens is 1. The van der Waals surface area contributed by atoms with E-state index in [0.29, 0.717) is 21.6 Å². The number of likely N-dealkylation sites (N-methyl/N-ethyl adjacent to an activating group) is 1. The highest BCUT2D eigenvalue weighted by atomic mass is 35.5. The number of nitrogens with one attached hydrogen (secondary N) is 1. The number of rotatable bonds is 6. The number of nitrogens with two attached hydrogens (primary N) is 1. The van der Waals surface area contributed by atoms with Gasteiger partial charge in [0, 0.05) is 23.7 Å². The van der Waals surface area contributed by atoms with Crippen molar-refractivity contribution in [2.24, 2.45) is 0 Å². The van der Waals surface area contributed by atoms with Gasteiger partial charge in [-0.3, -0.25) is 9.59 Å². The van der Waals surface area contributed by atoms with Gasteiger partial charge in [-0.15, -0.1) is 11.8 Å². The lowest BCUT2D eigenvalue weighted by molar-refractivity contribution is -0.132. The second kappa shape index (κ2) is 7.04. The second-order valence-corrected chi connectivity index (χ2v) is 6.43. The predicted octanol–water partition coefficient (Wildman–Crippen LogP) is 1.75. The highest BCUT2D eigenvalue weighted by Gasteiger charge is 2.24. The van der Waals surface area contributed by atoms with Crippen LogP contribution in [0.25, 0.3) is 0 Å². The van der Waals surface area contributed by atoms with E-state index in [1.54, 1.807) is 25.2 Å². The normalized spacial score (nSPS) is 13.8. The van der Waals surface area contributed by atoms with E-state index in [9.17, 15) is 9.59 Å². The van der Waals surface area contributed by atoms with E-state index in [2.05, 4.69) is 5.32 Å². The molecule has 0 saturated heterocycles. The van der Waals surface area contributed by atoms with Crippen LogP contribution in [0.5, 0.6) is 0 Å². The van der Waals surface area contributed by atoms with Crippen molar-refractivity contribution in [3.8, 4) is 0 Å². The highest BCUT2D eigenvalue weighted by Crippen LogP contribution is 2.32. The fourth-order valence-corrected chi connectivity index (χ4v) is 3.00. The molecule has 1 aliphatic carbocycles. The molecule has 3 N–H and O–H groups in total. The van der Waals surface area contributed by atoms with Gasteiger partial charge in [-0.25, -0.2) is 0 Å². The van der Waals surface area contributed by atoms with Crippen LogP contribution in [0.3, 0.4) is 0 Å². The topological polar surface area (TPSA) is 75.4 Å². The Hall–Kier alpha value is -1.40. The summed E-state index contributed by atoms with van der Waals surface area (Å²) in [6, 6.07) is 5.54. The molecule has 0 aromatic heterocycles. The van der Waals surface area contributed by atoms with Crippen molar-refractivity contribution in [2.75, 3.05) is 25.1 Å². The molecule has 21 heavy (non-hydrogen) atoms. The Morgan fingerprint density at radius 1 is 1.48 bits per heavy atom. The van der Waals surface area contributed by atoms with Gasteiger partial charge in [0.25, 0.3) is 0 Å². The molecule has 0 atom stereocenters. The molecule has 1 aliphatic rings. The first kappa shape index (κ1) is 16.0. The number of carbonyl (C=O) groups is 2. The zero-order chi connectivity index (χ0) is 15.4. The number of benzene rings is 1. The number of amides is 2. The van der Waals surface area contributed by atoms with Crippen LogP contribution in [-0.2, 0) is 9.59 Å². The average molecular weight is 328 g/mol. The van der Waals surface area contributed by atoms with Gasteiger partial charge in [0.2, 0.25) is 11.8 Å². The van der Waals surface area contributed by atoms with Crippen molar-refractivity contribution < 1.29 is 9.59 Å². The van der Waals surface area contributed by atoms with Gasteiger partial charge in [-0.05, 0) is 25.0 Å². The maximum atomic E-state index is 12.0. The molecule has 0 heterocycles. The summed E-state index contributed by atoms with van der Waals surface area (Å²) in [5.41, 5.74) is 6.38. The smallest absolute Gasteiger partial charge is 0.239 e. The molecule has 2 rings (SSSR count). The number of hydrogen-bond acceptors (Lipinski definition) is 4. The zero-order valence-electron chi connectivity index (χ0n) is 11.8. The van der Waals surface area contributed by atoms with E-state index in [-0.39, 0.29) is 24.1 Å². The number of hydrogen-bond donors (Lipinski definition) is 2. The van der Waals surface area contributed by atoms with Gasteiger partial charge < -0.3 is 16.0 Å². The van der Waals surface area contributed by atoms with E-state index in [0.717, 1.165) is 12.8 Å². The minimum absolute atomic E-state index is 0.0773. The fraction of sp³-hybridized carbons (Fsp3) is 0.429. The molecular formula is C14H18ClN3O2S. The van der Waals surface area contributed by atoms with Crippen LogP contribution in [0.4, 0.5) is 5.69 Å². The van der Waals surface area contributed by atoms with Gasteiger partial charge in [-0.1, -0.05) is 17.7 Å². The van der Waals surface area contributed by atoms with Crippen molar-refractivity contribution >= 4 is 40.9 Å². The summed E-state index contributed by atoms with van der Waals surface area (Å²) in [4.78, 5) is 25.8. The molecule has 114 valence electrons. The Morgan fingerprint density at radius 2 is 2.19 bits per heavy atom. The molecule has 1 aromatic rings. The van der Waals surface area contributed by atoms with Crippen LogP contribution >= 0.6 is 23.4 Å². The third-order valence-corrected chi connectivity index (χ3v) is 4.65. The van der Waals surface area contributed by atoms with Crippen LogP contribution in [0, 0.1) is 0 Å². The Balaban J connectivity index is 1.81. The molecular weight excluding hydrogens is 310 g/mol. The first-order valence-corrected chi connectivity index (χ1v) is 8.04. The summed E-state index contributed by atoms with van der Waals surface area (Å²) in [7, 11) is 1.62. The van der Waals surface area contributed by atoms with Gasteiger partial charge in [0.15, 0.2) is 0 Å². The van der Waals surface area contributed by atoms with E-state index in [1.165, 1.54) is 16.7 Å². The number of anilines is 1. The second-order valence-electron chi connectivity index (χ2n) is 5.04. The van der Waals surface area contributed by atoms with Crippen molar-refractivity contribution in [1.29, 1.82) is 0 Å². The van der Waals surface area contributed by atoms with Crippen LogP contribution < -0.4 is 11.1 Å². The van der Waals surface area contributed by atoms with Crippen molar-refractivity contribution in [3.05, 3.63) is 23.2 Å². The minimum atomic E-state index is -0.134. The molecule has 1 saturated carbocycles. The molecule has 7 heteroatoms. The molecule has 1 fully saturated rings. The lowest BCUT2D eigenvalue weighted by atomic mass is 10.3. The van der Waals surface area contributed by atoms with Gasteiger partial charge >= 0.3 is 0 Å². The zero-order valence-corrected chi connectivity index (χ0v) is 13.3. The number of carbonyl (C=O) groups excluding carboxylic acids is 2. The van der Waals surface area contributed by atoms with Crippen molar-refractivity contribution in [2.45, 2.75) is 23.8 Å². The third-order valence-electron chi connectivity index (χ3n) is 3.09. The van der Waals surface area contributed by atoms with E-state index in [1.807, 2.05) is 0 Å².